The molecule has 2 atom stereocenters. The predicted molar refractivity (Wildman–Crippen MR) is 91.6 cm³/mol. The smallest absolute Gasteiger partial charge is 0.191 e. The molecule has 1 aliphatic heterocycles. The van der Waals surface area contributed by atoms with Crippen LogP contribution in [0.5, 0.6) is 0 Å². The first kappa shape index (κ1) is 18.0. The largest absolute Gasteiger partial charge is 0.381 e. The number of rotatable bonds is 4. The average Bonchev–Trinajstić information content (AvgIpc) is 2.45. The van der Waals surface area contributed by atoms with Gasteiger partial charge in [0.2, 0.25) is 0 Å². The average molecular weight is 397 g/mol. The zero-order valence-corrected chi connectivity index (χ0v) is 15.1. The standard InChI is InChI=1S/C14H27N3O2.HI/c1-4-14(5-2)11(10-12(14)18-3)16-13(15)17-6-8-19-9-7-17;/h11-12H,4-10H2,1-3H3,(H2,15,16);1H. The first-order valence-electron chi connectivity index (χ1n) is 7.36. The van der Waals surface area contributed by atoms with E-state index in [2.05, 4.69) is 18.7 Å². The lowest BCUT2D eigenvalue weighted by Gasteiger charge is -2.53. The number of ether oxygens (including phenoxy) is 2. The number of methoxy groups -OCH3 is 1. The number of hydrogen-bond acceptors (Lipinski definition) is 3. The molecule has 0 aromatic heterocycles. The maximum absolute atomic E-state index is 6.16. The van der Waals surface area contributed by atoms with Crippen LogP contribution < -0.4 is 5.73 Å². The molecule has 1 aliphatic carbocycles. The molecule has 1 heterocycles. The van der Waals surface area contributed by atoms with Crippen LogP contribution in [-0.4, -0.2) is 56.4 Å². The third-order valence-corrected chi connectivity index (χ3v) is 4.97. The molecule has 2 rings (SSSR count). The Morgan fingerprint density at radius 2 is 1.95 bits per heavy atom. The summed E-state index contributed by atoms with van der Waals surface area (Å²) in [5.41, 5.74) is 6.33. The summed E-state index contributed by atoms with van der Waals surface area (Å²) in [7, 11) is 1.80. The summed E-state index contributed by atoms with van der Waals surface area (Å²) in [5, 5.41) is 0. The molecule has 0 amide bonds. The van der Waals surface area contributed by atoms with E-state index in [1.165, 1.54) is 0 Å². The molecule has 1 saturated carbocycles. The van der Waals surface area contributed by atoms with Crippen LogP contribution in [0.3, 0.4) is 0 Å². The third-order valence-electron chi connectivity index (χ3n) is 4.97. The molecule has 6 heteroatoms. The molecule has 20 heavy (non-hydrogen) atoms. The molecule has 5 nitrogen and oxygen atoms in total. The fourth-order valence-corrected chi connectivity index (χ4v) is 3.45. The first-order valence-corrected chi connectivity index (χ1v) is 7.36. The quantitative estimate of drug-likeness (QED) is 0.447. The highest BCUT2D eigenvalue weighted by Gasteiger charge is 2.53. The van der Waals surface area contributed by atoms with Gasteiger partial charge in [0.25, 0.3) is 0 Å². The Morgan fingerprint density at radius 3 is 2.45 bits per heavy atom. The summed E-state index contributed by atoms with van der Waals surface area (Å²) in [6.45, 7) is 7.63. The second kappa shape index (κ2) is 7.79. The first-order chi connectivity index (χ1) is 9.17. The minimum Gasteiger partial charge on any atom is -0.381 e. The highest BCUT2D eigenvalue weighted by atomic mass is 127. The summed E-state index contributed by atoms with van der Waals surface area (Å²) >= 11 is 0. The van der Waals surface area contributed by atoms with E-state index in [0.29, 0.717) is 18.1 Å². The lowest BCUT2D eigenvalue weighted by atomic mass is 9.59. The van der Waals surface area contributed by atoms with E-state index in [1.807, 2.05) is 0 Å². The Kier molecular flexibility index (Phi) is 7.00. The van der Waals surface area contributed by atoms with Crippen LogP contribution in [0.15, 0.2) is 4.99 Å². The zero-order valence-electron chi connectivity index (χ0n) is 12.8. The van der Waals surface area contributed by atoms with Crippen molar-refractivity contribution < 1.29 is 9.47 Å². The van der Waals surface area contributed by atoms with Crippen LogP contribution in [0, 0.1) is 5.41 Å². The van der Waals surface area contributed by atoms with Gasteiger partial charge in [-0.1, -0.05) is 13.8 Å². The van der Waals surface area contributed by atoms with Crippen molar-refractivity contribution in [2.45, 2.75) is 45.3 Å². The number of nitrogens with two attached hydrogens (primary N) is 1. The topological polar surface area (TPSA) is 60.1 Å². The Morgan fingerprint density at radius 1 is 1.35 bits per heavy atom. The normalized spacial score (nSPS) is 29.6. The van der Waals surface area contributed by atoms with Crippen molar-refractivity contribution in [2.75, 3.05) is 33.4 Å². The Labute approximate surface area is 139 Å². The summed E-state index contributed by atoms with van der Waals surface area (Å²) in [5.74, 6) is 0.675. The second-order valence-corrected chi connectivity index (χ2v) is 5.50. The molecule has 2 aliphatic rings. The van der Waals surface area contributed by atoms with E-state index in [9.17, 15) is 0 Å². The molecule has 0 radical (unpaired) electrons. The van der Waals surface area contributed by atoms with E-state index in [1.54, 1.807) is 7.11 Å². The van der Waals surface area contributed by atoms with Crippen molar-refractivity contribution in [3.8, 4) is 0 Å². The summed E-state index contributed by atoms with van der Waals surface area (Å²) in [6.07, 6.45) is 3.50. The maximum Gasteiger partial charge on any atom is 0.191 e. The fourth-order valence-electron chi connectivity index (χ4n) is 3.45. The fraction of sp³-hybridized carbons (Fsp3) is 0.929. The number of hydrogen-bond donors (Lipinski definition) is 1. The summed E-state index contributed by atoms with van der Waals surface area (Å²) < 4.78 is 10.9. The van der Waals surface area contributed by atoms with Gasteiger partial charge in [-0.25, -0.2) is 4.99 Å². The van der Waals surface area contributed by atoms with Gasteiger partial charge in [-0.05, 0) is 19.3 Å². The van der Waals surface area contributed by atoms with Crippen molar-refractivity contribution in [1.82, 2.24) is 4.90 Å². The minimum atomic E-state index is 0. The van der Waals surface area contributed by atoms with Crippen molar-refractivity contribution in [3.63, 3.8) is 0 Å². The van der Waals surface area contributed by atoms with Gasteiger partial charge < -0.3 is 20.1 Å². The molecule has 0 spiro atoms. The van der Waals surface area contributed by atoms with Gasteiger partial charge in [-0.3, -0.25) is 0 Å². The van der Waals surface area contributed by atoms with Crippen LogP contribution in [0.2, 0.25) is 0 Å². The molecular weight excluding hydrogens is 369 g/mol. The Hall–Kier alpha value is -0.0800. The van der Waals surface area contributed by atoms with Crippen LogP contribution in [0.25, 0.3) is 0 Å². The monoisotopic (exact) mass is 397 g/mol. The number of morpholine rings is 1. The van der Waals surface area contributed by atoms with Crippen LogP contribution in [-0.2, 0) is 9.47 Å². The maximum atomic E-state index is 6.16. The van der Waals surface area contributed by atoms with Gasteiger partial charge in [-0.2, -0.15) is 0 Å². The van der Waals surface area contributed by atoms with Gasteiger partial charge in [0, 0.05) is 25.6 Å². The van der Waals surface area contributed by atoms with Gasteiger partial charge in [0.05, 0.1) is 25.4 Å². The third kappa shape index (κ3) is 3.22. The molecule has 0 bridgehead atoms. The Balaban J connectivity index is 0.00000200. The summed E-state index contributed by atoms with van der Waals surface area (Å²) in [6, 6.07) is 0.301. The van der Waals surface area contributed by atoms with Crippen molar-refractivity contribution in [3.05, 3.63) is 0 Å². The molecule has 2 N–H and O–H groups in total. The lowest BCUT2D eigenvalue weighted by molar-refractivity contribution is -0.112. The van der Waals surface area contributed by atoms with E-state index in [-0.39, 0.29) is 29.4 Å². The zero-order chi connectivity index (χ0) is 13.9. The Bertz CT molecular complexity index is 328. The summed E-state index contributed by atoms with van der Waals surface area (Å²) in [4.78, 5) is 6.91. The number of aliphatic imine (C=N–C) groups is 1. The second-order valence-electron chi connectivity index (χ2n) is 5.50. The van der Waals surface area contributed by atoms with Gasteiger partial charge in [0.15, 0.2) is 5.96 Å². The molecule has 0 aromatic rings. The number of halogens is 1. The predicted octanol–water partition coefficient (Wildman–Crippen LogP) is 1.85. The molecule has 0 aromatic carbocycles. The highest BCUT2D eigenvalue weighted by Crippen LogP contribution is 2.50. The van der Waals surface area contributed by atoms with E-state index >= 15 is 0 Å². The van der Waals surface area contributed by atoms with E-state index < -0.39 is 0 Å². The molecule has 2 unspecified atom stereocenters. The van der Waals surface area contributed by atoms with Gasteiger partial charge >= 0.3 is 0 Å². The van der Waals surface area contributed by atoms with Crippen LogP contribution in [0.4, 0.5) is 0 Å². The molecule has 1 saturated heterocycles. The van der Waals surface area contributed by atoms with E-state index in [4.69, 9.17) is 20.2 Å². The number of guanidine groups is 1. The van der Waals surface area contributed by atoms with Crippen molar-refractivity contribution >= 4 is 29.9 Å². The van der Waals surface area contributed by atoms with Crippen LogP contribution in [0.1, 0.15) is 33.1 Å². The molecular formula is C14H28IN3O2. The van der Waals surface area contributed by atoms with Crippen molar-refractivity contribution in [1.29, 1.82) is 0 Å². The van der Waals surface area contributed by atoms with Crippen molar-refractivity contribution in [2.24, 2.45) is 16.1 Å². The van der Waals surface area contributed by atoms with E-state index in [0.717, 1.165) is 45.6 Å². The number of nitrogens with zero attached hydrogens (tertiary/aromatic N) is 2. The van der Waals surface area contributed by atoms with Crippen LogP contribution >= 0.6 is 24.0 Å². The van der Waals surface area contributed by atoms with Gasteiger partial charge in [0.1, 0.15) is 0 Å². The van der Waals surface area contributed by atoms with Gasteiger partial charge in [-0.15, -0.1) is 24.0 Å². The SMILES string of the molecule is CCC1(CC)C(N=C(N)N2CCOCC2)CC1OC.I. The lowest BCUT2D eigenvalue weighted by Crippen LogP contribution is -2.58. The highest BCUT2D eigenvalue weighted by molar-refractivity contribution is 14.0. The molecule has 118 valence electrons. The minimum absolute atomic E-state index is 0. The molecule has 2 fully saturated rings.